The summed E-state index contributed by atoms with van der Waals surface area (Å²) in [5, 5.41) is 10.3. The first kappa shape index (κ1) is 14.3. The average molecular weight is 262 g/mol. The van der Waals surface area contributed by atoms with Crippen LogP contribution in [0, 0.1) is 5.92 Å². The van der Waals surface area contributed by atoms with Crippen LogP contribution in [-0.4, -0.2) is 47.4 Å². The monoisotopic (exact) mass is 262 g/mol. The predicted octanol–water partition coefficient (Wildman–Crippen LogP) is 0.597. The number of carbonyl (C=O) groups is 2. The first-order valence-corrected chi connectivity index (χ1v) is 6.84. The van der Waals surface area contributed by atoms with E-state index in [0.717, 1.165) is 5.75 Å². The van der Waals surface area contributed by atoms with Gasteiger partial charge in [-0.3, -0.25) is 9.59 Å². The van der Waals surface area contributed by atoms with E-state index >= 15 is 0 Å². The van der Waals surface area contributed by atoms with E-state index in [0.29, 0.717) is 12.2 Å². The Morgan fingerprint density at radius 1 is 1.29 bits per heavy atom. The van der Waals surface area contributed by atoms with Gasteiger partial charge in [0, 0.05) is 5.75 Å². The molecular weight excluding hydrogens is 244 g/mol. The Hall–Kier alpha value is -0.750. The fourth-order valence-corrected chi connectivity index (χ4v) is 3.09. The van der Waals surface area contributed by atoms with Crippen LogP contribution in [0.2, 0.25) is 0 Å². The zero-order chi connectivity index (χ0) is 12.9. The highest BCUT2D eigenvalue weighted by molar-refractivity contribution is 7.99. The van der Waals surface area contributed by atoms with Crippen molar-refractivity contribution >= 4 is 23.7 Å². The van der Waals surface area contributed by atoms with Gasteiger partial charge < -0.3 is 14.6 Å². The molecule has 0 aliphatic carbocycles. The van der Waals surface area contributed by atoms with Gasteiger partial charge in [-0.25, -0.2) is 0 Å². The van der Waals surface area contributed by atoms with Crippen molar-refractivity contribution < 1.29 is 24.2 Å². The zero-order valence-corrected chi connectivity index (χ0v) is 10.9. The summed E-state index contributed by atoms with van der Waals surface area (Å²) in [5.41, 5.74) is -1.33. The van der Waals surface area contributed by atoms with Crippen LogP contribution in [0.25, 0.3) is 0 Å². The number of hydrogen-bond acceptors (Lipinski definition) is 6. The highest BCUT2D eigenvalue weighted by atomic mass is 32.2. The molecule has 0 bridgehead atoms. The third-order valence-electron chi connectivity index (χ3n) is 2.61. The van der Waals surface area contributed by atoms with Crippen LogP contribution in [0.1, 0.15) is 20.3 Å². The van der Waals surface area contributed by atoms with Gasteiger partial charge >= 0.3 is 11.9 Å². The van der Waals surface area contributed by atoms with Crippen molar-refractivity contribution in [2.45, 2.75) is 25.9 Å². The predicted molar refractivity (Wildman–Crippen MR) is 63.6 cm³/mol. The number of hydrogen-bond donors (Lipinski definition) is 1. The lowest BCUT2D eigenvalue weighted by Gasteiger charge is -2.28. The normalized spacial score (nSPS) is 23.8. The highest BCUT2D eigenvalue weighted by Gasteiger charge is 2.50. The van der Waals surface area contributed by atoms with E-state index in [1.807, 2.05) is 0 Å². The topological polar surface area (TPSA) is 72.8 Å². The minimum atomic E-state index is -1.33. The van der Waals surface area contributed by atoms with E-state index < -0.39 is 23.5 Å². The average Bonchev–Trinajstić information content (AvgIpc) is 2.66. The molecule has 1 unspecified atom stereocenters. The minimum Gasteiger partial charge on any atom is -0.465 e. The maximum Gasteiger partial charge on any atom is 0.323 e. The smallest absolute Gasteiger partial charge is 0.323 e. The molecule has 1 saturated heterocycles. The van der Waals surface area contributed by atoms with Gasteiger partial charge in [0.15, 0.2) is 5.92 Å². The van der Waals surface area contributed by atoms with Crippen molar-refractivity contribution in [2.24, 2.45) is 5.92 Å². The molecule has 6 heteroatoms. The number of esters is 2. The van der Waals surface area contributed by atoms with E-state index in [1.54, 1.807) is 13.8 Å². The maximum atomic E-state index is 11.8. The third-order valence-corrected chi connectivity index (χ3v) is 3.81. The molecular formula is C11H18O5S. The van der Waals surface area contributed by atoms with E-state index in [4.69, 9.17) is 9.47 Å². The Labute approximate surface area is 105 Å². The van der Waals surface area contributed by atoms with Gasteiger partial charge in [0.1, 0.15) is 0 Å². The van der Waals surface area contributed by atoms with Crippen molar-refractivity contribution in [3.8, 4) is 0 Å². The van der Waals surface area contributed by atoms with Crippen LogP contribution >= 0.6 is 11.8 Å². The summed E-state index contributed by atoms with van der Waals surface area (Å²) in [7, 11) is 0. The summed E-state index contributed by atoms with van der Waals surface area (Å²) in [6.45, 7) is 3.68. The molecule has 98 valence electrons. The van der Waals surface area contributed by atoms with Crippen LogP contribution in [0.3, 0.4) is 0 Å². The van der Waals surface area contributed by atoms with Crippen molar-refractivity contribution in [2.75, 3.05) is 24.7 Å². The van der Waals surface area contributed by atoms with Crippen LogP contribution in [0.15, 0.2) is 0 Å². The van der Waals surface area contributed by atoms with Gasteiger partial charge in [0.05, 0.1) is 18.8 Å². The lowest BCUT2D eigenvalue weighted by atomic mass is 9.87. The zero-order valence-electron chi connectivity index (χ0n) is 10.1. The Morgan fingerprint density at radius 3 is 2.18 bits per heavy atom. The Balaban J connectivity index is 2.85. The number of thioether (sulfide) groups is 1. The lowest BCUT2D eigenvalue weighted by Crippen LogP contribution is -2.48. The van der Waals surface area contributed by atoms with Crippen LogP contribution in [0.5, 0.6) is 0 Å². The summed E-state index contributed by atoms with van der Waals surface area (Å²) in [4.78, 5) is 23.5. The molecule has 1 atom stereocenters. The molecule has 1 rings (SSSR count). The Morgan fingerprint density at radius 2 is 1.82 bits per heavy atom. The van der Waals surface area contributed by atoms with Gasteiger partial charge in [0.25, 0.3) is 0 Å². The van der Waals surface area contributed by atoms with E-state index in [-0.39, 0.29) is 13.2 Å². The van der Waals surface area contributed by atoms with Crippen molar-refractivity contribution in [1.82, 2.24) is 0 Å². The molecule has 5 nitrogen and oxygen atoms in total. The van der Waals surface area contributed by atoms with Crippen molar-refractivity contribution in [3.05, 3.63) is 0 Å². The van der Waals surface area contributed by atoms with Gasteiger partial charge in [-0.15, -0.1) is 0 Å². The second-order valence-electron chi connectivity index (χ2n) is 3.84. The van der Waals surface area contributed by atoms with Crippen LogP contribution in [-0.2, 0) is 19.1 Å². The quantitative estimate of drug-likeness (QED) is 0.577. The van der Waals surface area contributed by atoms with Crippen molar-refractivity contribution in [3.63, 3.8) is 0 Å². The van der Waals surface area contributed by atoms with Gasteiger partial charge in [0.2, 0.25) is 0 Å². The highest BCUT2D eigenvalue weighted by Crippen LogP contribution is 2.35. The molecule has 0 radical (unpaired) electrons. The minimum absolute atomic E-state index is 0.179. The summed E-state index contributed by atoms with van der Waals surface area (Å²) >= 11 is 1.51. The molecule has 1 N–H and O–H groups in total. The lowest BCUT2D eigenvalue weighted by molar-refractivity contribution is -0.172. The Bertz CT molecular complexity index is 268. The number of aliphatic hydroxyl groups is 1. The van der Waals surface area contributed by atoms with E-state index in [2.05, 4.69) is 0 Å². The third kappa shape index (κ3) is 3.35. The standard InChI is InChI=1S/C11H18O5S/c1-3-15-9(12)8(10(13)16-4-2)11(14)5-6-17-7-11/h8,14H,3-7H2,1-2H3. The SMILES string of the molecule is CCOC(=O)C(C(=O)OCC)C1(O)CCSC1. The van der Waals surface area contributed by atoms with Crippen molar-refractivity contribution in [1.29, 1.82) is 0 Å². The molecule has 0 spiro atoms. The molecule has 0 aromatic rings. The molecule has 0 aromatic carbocycles. The molecule has 0 saturated carbocycles. The summed E-state index contributed by atoms with van der Waals surface area (Å²) in [6, 6.07) is 0. The van der Waals surface area contributed by atoms with E-state index in [1.165, 1.54) is 11.8 Å². The van der Waals surface area contributed by atoms with Gasteiger partial charge in [-0.1, -0.05) is 0 Å². The molecule has 1 aliphatic heterocycles. The molecule has 0 aromatic heterocycles. The first-order chi connectivity index (χ1) is 8.05. The summed E-state index contributed by atoms with van der Waals surface area (Å²) < 4.78 is 9.68. The molecule has 0 amide bonds. The van der Waals surface area contributed by atoms with E-state index in [9.17, 15) is 14.7 Å². The van der Waals surface area contributed by atoms with Gasteiger partial charge in [-0.05, 0) is 26.0 Å². The molecule has 1 fully saturated rings. The van der Waals surface area contributed by atoms with Crippen LogP contribution < -0.4 is 0 Å². The molecule has 1 heterocycles. The fraction of sp³-hybridized carbons (Fsp3) is 0.818. The molecule has 1 aliphatic rings. The number of carbonyl (C=O) groups excluding carboxylic acids is 2. The second-order valence-corrected chi connectivity index (χ2v) is 4.95. The number of ether oxygens (including phenoxy) is 2. The van der Waals surface area contributed by atoms with Crippen LogP contribution in [0.4, 0.5) is 0 Å². The molecule has 17 heavy (non-hydrogen) atoms. The first-order valence-electron chi connectivity index (χ1n) is 5.68. The summed E-state index contributed by atoms with van der Waals surface area (Å²) in [6.07, 6.45) is 0.403. The largest absolute Gasteiger partial charge is 0.465 e. The van der Waals surface area contributed by atoms with Gasteiger partial charge in [-0.2, -0.15) is 11.8 Å². The second kappa shape index (κ2) is 6.26. The summed E-state index contributed by atoms with van der Waals surface area (Å²) in [5.74, 6) is -1.54. The maximum absolute atomic E-state index is 11.8. The number of rotatable bonds is 5. The Kier molecular flexibility index (Phi) is 5.27. The fourth-order valence-electron chi connectivity index (χ4n) is 1.78.